The fraction of sp³-hybridized carbons (Fsp3) is 0.462. The van der Waals surface area contributed by atoms with Crippen LogP contribution in [0.25, 0.3) is 0 Å². The van der Waals surface area contributed by atoms with Gasteiger partial charge in [-0.3, -0.25) is 4.79 Å². The van der Waals surface area contributed by atoms with E-state index < -0.39 is 10.0 Å². The second-order valence-electron chi connectivity index (χ2n) is 4.92. The van der Waals surface area contributed by atoms with Crippen LogP contribution in [0, 0.1) is 0 Å². The Morgan fingerprint density at radius 3 is 2.70 bits per heavy atom. The maximum Gasteiger partial charge on any atom is 0.243 e. The quantitative estimate of drug-likeness (QED) is 0.906. The minimum atomic E-state index is -3.43. The molecular weight excluding hydrogens is 296 g/mol. The summed E-state index contributed by atoms with van der Waals surface area (Å²) in [5.74, 6) is 0.656. The van der Waals surface area contributed by atoms with Crippen molar-refractivity contribution in [1.82, 2.24) is 4.31 Å². The minimum absolute atomic E-state index is 0.0630. The van der Waals surface area contributed by atoms with Crippen molar-refractivity contribution in [1.29, 1.82) is 0 Å². The van der Waals surface area contributed by atoms with E-state index >= 15 is 0 Å². The van der Waals surface area contributed by atoms with Crippen molar-refractivity contribution in [2.24, 2.45) is 0 Å². The Morgan fingerprint density at radius 2 is 1.95 bits per heavy atom. The number of amides is 1. The minimum Gasteiger partial charge on any atom is -0.325 e. The maximum absolute atomic E-state index is 12.5. The highest BCUT2D eigenvalue weighted by molar-refractivity contribution is 7.99. The van der Waals surface area contributed by atoms with Gasteiger partial charge >= 0.3 is 0 Å². The number of hydrogen-bond acceptors (Lipinski definition) is 4. The van der Waals surface area contributed by atoms with Crippen molar-refractivity contribution in [2.75, 3.05) is 24.2 Å². The Kier molecular flexibility index (Phi) is 3.74. The molecule has 0 spiro atoms. The summed E-state index contributed by atoms with van der Waals surface area (Å²) in [5.41, 5.74) is 0.609. The lowest BCUT2D eigenvalue weighted by atomic mass is 10.3. The van der Waals surface area contributed by atoms with E-state index in [9.17, 15) is 13.2 Å². The average molecular weight is 312 g/mol. The van der Waals surface area contributed by atoms with E-state index in [1.165, 1.54) is 4.31 Å². The molecule has 20 heavy (non-hydrogen) atoms. The number of nitrogens with one attached hydrogen (secondary N) is 1. The SMILES string of the molecule is O=C1CCSc2ccc(S(=O)(=O)N3CCCC3)cc2N1. The van der Waals surface area contributed by atoms with Crippen LogP contribution >= 0.6 is 11.8 Å². The smallest absolute Gasteiger partial charge is 0.243 e. The molecule has 0 bridgehead atoms. The Morgan fingerprint density at radius 1 is 1.20 bits per heavy atom. The number of benzene rings is 1. The van der Waals surface area contributed by atoms with Gasteiger partial charge in [-0.15, -0.1) is 11.8 Å². The van der Waals surface area contributed by atoms with Gasteiger partial charge in [0.15, 0.2) is 0 Å². The molecule has 1 saturated heterocycles. The van der Waals surface area contributed by atoms with E-state index in [1.807, 2.05) is 0 Å². The Labute approximate surface area is 122 Å². The lowest BCUT2D eigenvalue weighted by Crippen LogP contribution is -2.28. The van der Waals surface area contributed by atoms with E-state index in [-0.39, 0.29) is 10.8 Å². The summed E-state index contributed by atoms with van der Waals surface area (Å²) < 4.78 is 26.5. The molecule has 1 amide bonds. The van der Waals surface area contributed by atoms with E-state index in [0.29, 0.717) is 25.2 Å². The second kappa shape index (κ2) is 5.38. The predicted octanol–water partition coefficient (Wildman–Crippen LogP) is 1.91. The maximum atomic E-state index is 12.5. The van der Waals surface area contributed by atoms with Gasteiger partial charge in [0.05, 0.1) is 10.6 Å². The van der Waals surface area contributed by atoms with Gasteiger partial charge in [0.25, 0.3) is 0 Å². The molecule has 7 heteroatoms. The number of sulfonamides is 1. The van der Waals surface area contributed by atoms with Crippen molar-refractivity contribution in [3.8, 4) is 0 Å². The number of nitrogens with zero attached hydrogens (tertiary/aromatic N) is 1. The highest BCUT2D eigenvalue weighted by Crippen LogP contribution is 2.33. The molecule has 1 aromatic carbocycles. The Hall–Kier alpha value is -1.05. The molecule has 0 unspecified atom stereocenters. The van der Waals surface area contributed by atoms with Crippen LogP contribution in [-0.4, -0.2) is 37.5 Å². The molecule has 2 aliphatic heterocycles. The highest BCUT2D eigenvalue weighted by Gasteiger charge is 2.28. The summed E-state index contributed by atoms with van der Waals surface area (Å²) in [5, 5.41) is 2.78. The molecule has 2 aliphatic rings. The zero-order valence-electron chi connectivity index (χ0n) is 11.0. The van der Waals surface area contributed by atoms with Crippen molar-refractivity contribution >= 4 is 33.4 Å². The summed E-state index contributed by atoms with van der Waals surface area (Å²) in [6, 6.07) is 5.00. The molecule has 1 N–H and O–H groups in total. The lowest BCUT2D eigenvalue weighted by Gasteiger charge is -2.16. The molecule has 0 radical (unpaired) electrons. The molecule has 0 aliphatic carbocycles. The molecule has 1 aromatic rings. The fourth-order valence-electron chi connectivity index (χ4n) is 2.44. The average Bonchev–Trinajstić information content (AvgIpc) is 2.88. The van der Waals surface area contributed by atoms with Gasteiger partial charge in [-0.25, -0.2) is 8.42 Å². The van der Waals surface area contributed by atoms with Crippen LogP contribution < -0.4 is 5.32 Å². The standard InChI is InChI=1S/C13H16N2O3S2/c16-13-5-8-19-12-4-3-10(9-11(12)14-13)20(17,18)15-6-1-2-7-15/h3-4,9H,1-2,5-8H2,(H,14,16). The van der Waals surface area contributed by atoms with Crippen LogP contribution in [0.3, 0.4) is 0 Å². The second-order valence-corrected chi connectivity index (χ2v) is 7.99. The molecule has 108 valence electrons. The first-order chi connectivity index (χ1) is 9.57. The van der Waals surface area contributed by atoms with Gasteiger partial charge in [0, 0.05) is 30.2 Å². The first-order valence-corrected chi connectivity index (χ1v) is 9.07. The van der Waals surface area contributed by atoms with Gasteiger partial charge in [-0.1, -0.05) is 0 Å². The molecule has 3 rings (SSSR count). The number of carbonyl (C=O) groups excluding carboxylic acids is 1. The van der Waals surface area contributed by atoms with Gasteiger partial charge < -0.3 is 5.32 Å². The molecule has 0 aromatic heterocycles. The zero-order chi connectivity index (χ0) is 14.2. The summed E-state index contributed by atoms with van der Waals surface area (Å²) in [6.45, 7) is 1.17. The summed E-state index contributed by atoms with van der Waals surface area (Å²) >= 11 is 1.57. The first kappa shape index (κ1) is 13.9. The van der Waals surface area contributed by atoms with Crippen molar-refractivity contribution in [3.05, 3.63) is 18.2 Å². The van der Waals surface area contributed by atoms with Crippen molar-refractivity contribution in [2.45, 2.75) is 29.1 Å². The fourth-order valence-corrected chi connectivity index (χ4v) is 4.92. The van der Waals surface area contributed by atoms with Gasteiger partial charge in [-0.2, -0.15) is 4.31 Å². The number of thioether (sulfide) groups is 1. The van der Waals surface area contributed by atoms with Crippen molar-refractivity contribution in [3.63, 3.8) is 0 Å². The Balaban J connectivity index is 1.97. The lowest BCUT2D eigenvalue weighted by molar-refractivity contribution is -0.115. The van der Waals surface area contributed by atoms with Gasteiger partial charge in [0.2, 0.25) is 15.9 Å². The van der Waals surface area contributed by atoms with Crippen molar-refractivity contribution < 1.29 is 13.2 Å². The molecule has 2 heterocycles. The number of hydrogen-bond donors (Lipinski definition) is 1. The van der Waals surface area contributed by atoms with E-state index in [0.717, 1.165) is 23.5 Å². The molecule has 0 saturated carbocycles. The number of carbonyl (C=O) groups is 1. The highest BCUT2D eigenvalue weighted by atomic mass is 32.2. The summed E-state index contributed by atoms with van der Waals surface area (Å²) in [6.07, 6.45) is 2.28. The largest absolute Gasteiger partial charge is 0.325 e. The van der Waals surface area contributed by atoms with E-state index in [4.69, 9.17) is 0 Å². The van der Waals surface area contributed by atoms with Crippen LogP contribution in [0.1, 0.15) is 19.3 Å². The van der Waals surface area contributed by atoms with E-state index in [2.05, 4.69) is 5.32 Å². The third kappa shape index (κ3) is 2.57. The summed E-state index contributed by atoms with van der Waals surface area (Å²) in [4.78, 5) is 12.8. The third-order valence-corrected chi connectivity index (χ3v) is 6.48. The molecular formula is C13H16N2O3S2. The molecule has 5 nitrogen and oxygen atoms in total. The van der Waals surface area contributed by atoms with E-state index in [1.54, 1.807) is 30.0 Å². The molecule has 0 atom stereocenters. The number of fused-ring (bicyclic) bond motifs is 1. The van der Waals surface area contributed by atoms with Crippen LogP contribution in [0.15, 0.2) is 28.0 Å². The Bertz CT molecular complexity index is 637. The predicted molar refractivity (Wildman–Crippen MR) is 78.4 cm³/mol. The van der Waals surface area contributed by atoms with Crippen LogP contribution in [0.5, 0.6) is 0 Å². The summed E-state index contributed by atoms with van der Waals surface area (Å²) in [7, 11) is -3.43. The normalized spacial score (nSPS) is 20.3. The molecule has 1 fully saturated rings. The number of anilines is 1. The zero-order valence-corrected chi connectivity index (χ0v) is 12.6. The van der Waals surface area contributed by atoms with Gasteiger partial charge in [0.1, 0.15) is 0 Å². The van der Waals surface area contributed by atoms with Gasteiger partial charge in [-0.05, 0) is 31.0 Å². The monoisotopic (exact) mass is 312 g/mol. The van der Waals surface area contributed by atoms with Crippen LogP contribution in [0.4, 0.5) is 5.69 Å². The number of rotatable bonds is 2. The topological polar surface area (TPSA) is 66.5 Å². The third-order valence-electron chi connectivity index (χ3n) is 3.51. The first-order valence-electron chi connectivity index (χ1n) is 6.64. The van der Waals surface area contributed by atoms with Crippen LogP contribution in [-0.2, 0) is 14.8 Å². The van der Waals surface area contributed by atoms with Crippen LogP contribution in [0.2, 0.25) is 0 Å².